The van der Waals surface area contributed by atoms with E-state index in [2.05, 4.69) is 11.9 Å². The molecule has 0 saturated carbocycles. The van der Waals surface area contributed by atoms with E-state index < -0.39 is 17.6 Å². The Morgan fingerprint density at radius 2 is 2.10 bits per heavy atom. The van der Waals surface area contributed by atoms with Gasteiger partial charge in [-0.3, -0.25) is 4.79 Å². The average Bonchev–Trinajstić information content (AvgIpc) is 2.39. The van der Waals surface area contributed by atoms with E-state index in [1.54, 1.807) is 0 Å². The molecule has 0 radical (unpaired) electrons. The molecule has 0 saturated heterocycles. The highest BCUT2D eigenvalue weighted by molar-refractivity contribution is 5.99. The predicted octanol–water partition coefficient (Wildman–Crippen LogP) is 2.86. The zero-order valence-corrected chi connectivity index (χ0v) is 10.8. The number of amides is 1. The van der Waals surface area contributed by atoms with Crippen molar-refractivity contribution in [2.45, 2.75) is 6.18 Å². The van der Waals surface area contributed by atoms with E-state index in [0.29, 0.717) is 0 Å². The van der Waals surface area contributed by atoms with Crippen LogP contribution in [0.4, 0.5) is 18.9 Å². The molecule has 7 heteroatoms. The Hall–Kier alpha value is -2.02. The van der Waals surface area contributed by atoms with Gasteiger partial charge in [0.2, 0.25) is 5.91 Å². The lowest BCUT2D eigenvalue weighted by molar-refractivity contribution is -0.137. The van der Waals surface area contributed by atoms with Crippen LogP contribution in [0.1, 0.15) is 5.56 Å². The first-order valence-corrected chi connectivity index (χ1v) is 5.65. The standard InChI is InChI=1S/C13H14F3NO3/c1-3-12(18)17-10-8-9(13(14,15)16)4-5-11(10)20-7-6-19-2/h3-5,8H,1,6-7H2,2H3,(H,17,18). The van der Waals surface area contributed by atoms with Crippen molar-refractivity contribution in [3.63, 3.8) is 0 Å². The number of ether oxygens (including phenoxy) is 2. The van der Waals surface area contributed by atoms with Crippen LogP contribution in [0.25, 0.3) is 0 Å². The van der Waals surface area contributed by atoms with Crippen molar-refractivity contribution in [3.8, 4) is 5.75 Å². The van der Waals surface area contributed by atoms with Gasteiger partial charge in [0.05, 0.1) is 17.9 Å². The Labute approximate surface area is 114 Å². The molecular weight excluding hydrogens is 275 g/mol. The van der Waals surface area contributed by atoms with Crippen molar-refractivity contribution in [2.24, 2.45) is 0 Å². The van der Waals surface area contributed by atoms with Crippen LogP contribution in [0, 0.1) is 0 Å². The summed E-state index contributed by atoms with van der Waals surface area (Å²) in [5.74, 6) is -0.494. The highest BCUT2D eigenvalue weighted by Crippen LogP contribution is 2.35. The lowest BCUT2D eigenvalue weighted by Gasteiger charge is -2.14. The normalized spacial score (nSPS) is 11.0. The fraction of sp³-hybridized carbons (Fsp3) is 0.308. The SMILES string of the molecule is C=CC(=O)Nc1cc(C(F)(F)F)ccc1OCCOC. The molecular formula is C13H14F3NO3. The first kappa shape index (κ1) is 16.0. The summed E-state index contributed by atoms with van der Waals surface area (Å²) in [4.78, 5) is 11.2. The van der Waals surface area contributed by atoms with E-state index in [1.807, 2.05) is 0 Å². The van der Waals surface area contributed by atoms with Crippen molar-refractivity contribution in [1.82, 2.24) is 0 Å². The van der Waals surface area contributed by atoms with Crippen molar-refractivity contribution in [1.29, 1.82) is 0 Å². The number of alkyl halides is 3. The zero-order valence-electron chi connectivity index (χ0n) is 10.8. The van der Waals surface area contributed by atoms with Crippen molar-refractivity contribution in [3.05, 3.63) is 36.4 Å². The Bertz CT molecular complexity index is 486. The summed E-state index contributed by atoms with van der Waals surface area (Å²) in [5.41, 5.74) is -0.947. The monoisotopic (exact) mass is 289 g/mol. The van der Waals surface area contributed by atoms with Gasteiger partial charge in [-0.15, -0.1) is 0 Å². The number of methoxy groups -OCH3 is 1. The van der Waals surface area contributed by atoms with Crippen LogP contribution in [0.5, 0.6) is 5.75 Å². The predicted molar refractivity (Wildman–Crippen MR) is 67.6 cm³/mol. The molecule has 0 heterocycles. The van der Waals surface area contributed by atoms with Gasteiger partial charge in [-0.25, -0.2) is 0 Å². The Morgan fingerprint density at radius 3 is 2.65 bits per heavy atom. The Morgan fingerprint density at radius 1 is 1.40 bits per heavy atom. The fourth-order valence-corrected chi connectivity index (χ4v) is 1.35. The van der Waals surface area contributed by atoms with Crippen molar-refractivity contribution >= 4 is 11.6 Å². The number of hydrogen-bond donors (Lipinski definition) is 1. The van der Waals surface area contributed by atoms with Gasteiger partial charge in [0.25, 0.3) is 0 Å². The largest absolute Gasteiger partial charge is 0.489 e. The van der Waals surface area contributed by atoms with Crippen LogP contribution < -0.4 is 10.1 Å². The summed E-state index contributed by atoms with van der Waals surface area (Å²) in [6, 6.07) is 2.84. The number of benzene rings is 1. The van der Waals surface area contributed by atoms with Gasteiger partial charge in [0.15, 0.2) is 0 Å². The molecule has 1 aromatic carbocycles. The molecule has 110 valence electrons. The molecule has 0 aliphatic heterocycles. The maximum Gasteiger partial charge on any atom is 0.416 e. The Balaban J connectivity index is 3.02. The molecule has 20 heavy (non-hydrogen) atoms. The zero-order chi connectivity index (χ0) is 15.2. The maximum atomic E-state index is 12.6. The lowest BCUT2D eigenvalue weighted by atomic mass is 10.1. The summed E-state index contributed by atoms with van der Waals surface area (Å²) in [6.45, 7) is 3.66. The number of rotatable bonds is 6. The summed E-state index contributed by atoms with van der Waals surface area (Å²) in [6.07, 6.45) is -3.54. The summed E-state index contributed by atoms with van der Waals surface area (Å²) in [5, 5.41) is 2.28. The highest BCUT2D eigenvalue weighted by atomic mass is 19.4. The van der Waals surface area contributed by atoms with Crippen molar-refractivity contribution in [2.75, 3.05) is 25.6 Å². The van der Waals surface area contributed by atoms with Gasteiger partial charge in [0, 0.05) is 7.11 Å². The summed E-state index contributed by atoms with van der Waals surface area (Å²) < 4.78 is 47.9. The second-order valence-corrected chi connectivity index (χ2v) is 3.74. The fourth-order valence-electron chi connectivity index (χ4n) is 1.35. The molecule has 0 spiro atoms. The molecule has 1 aromatic rings. The first-order valence-electron chi connectivity index (χ1n) is 5.65. The quantitative estimate of drug-likeness (QED) is 0.647. The van der Waals surface area contributed by atoms with Crippen LogP contribution in [-0.4, -0.2) is 26.2 Å². The minimum absolute atomic E-state index is 0.0687. The van der Waals surface area contributed by atoms with Crippen LogP contribution in [-0.2, 0) is 15.7 Å². The third-order valence-electron chi connectivity index (χ3n) is 2.30. The van der Waals surface area contributed by atoms with Crippen LogP contribution in [0.2, 0.25) is 0 Å². The van der Waals surface area contributed by atoms with Gasteiger partial charge in [-0.05, 0) is 24.3 Å². The number of anilines is 1. The Kier molecular flexibility index (Phi) is 5.57. The topological polar surface area (TPSA) is 47.6 Å². The first-order chi connectivity index (χ1) is 9.38. The van der Waals surface area contributed by atoms with E-state index >= 15 is 0 Å². The minimum Gasteiger partial charge on any atom is -0.489 e. The molecule has 4 nitrogen and oxygen atoms in total. The molecule has 1 rings (SSSR count). The molecule has 1 N–H and O–H groups in total. The summed E-state index contributed by atoms with van der Waals surface area (Å²) >= 11 is 0. The molecule has 0 aliphatic carbocycles. The minimum atomic E-state index is -4.50. The number of hydrogen-bond acceptors (Lipinski definition) is 3. The van der Waals surface area contributed by atoms with Gasteiger partial charge >= 0.3 is 6.18 Å². The molecule has 0 atom stereocenters. The van der Waals surface area contributed by atoms with E-state index in [1.165, 1.54) is 7.11 Å². The van der Waals surface area contributed by atoms with Crippen LogP contribution in [0.3, 0.4) is 0 Å². The van der Waals surface area contributed by atoms with Crippen LogP contribution in [0.15, 0.2) is 30.9 Å². The number of carbonyl (C=O) groups excluding carboxylic acids is 1. The van der Waals surface area contributed by atoms with Gasteiger partial charge < -0.3 is 14.8 Å². The van der Waals surface area contributed by atoms with Gasteiger partial charge in [-0.1, -0.05) is 6.58 Å². The smallest absolute Gasteiger partial charge is 0.416 e. The number of nitrogens with one attached hydrogen (secondary N) is 1. The maximum absolute atomic E-state index is 12.6. The second-order valence-electron chi connectivity index (χ2n) is 3.74. The molecule has 1 amide bonds. The van der Waals surface area contributed by atoms with E-state index in [4.69, 9.17) is 9.47 Å². The van der Waals surface area contributed by atoms with Gasteiger partial charge in [-0.2, -0.15) is 13.2 Å². The molecule has 0 fully saturated rings. The lowest BCUT2D eigenvalue weighted by Crippen LogP contribution is -2.13. The third-order valence-corrected chi connectivity index (χ3v) is 2.30. The van der Waals surface area contributed by atoms with E-state index in [-0.39, 0.29) is 24.7 Å². The summed E-state index contributed by atoms with van der Waals surface area (Å²) in [7, 11) is 1.47. The molecule has 0 unspecified atom stereocenters. The van der Waals surface area contributed by atoms with Crippen molar-refractivity contribution < 1.29 is 27.4 Å². The molecule has 0 aromatic heterocycles. The van der Waals surface area contributed by atoms with Crippen LogP contribution >= 0.6 is 0 Å². The molecule has 0 bridgehead atoms. The van der Waals surface area contributed by atoms with Gasteiger partial charge in [0.1, 0.15) is 12.4 Å². The molecule has 0 aliphatic rings. The second kappa shape index (κ2) is 6.95. The highest BCUT2D eigenvalue weighted by Gasteiger charge is 2.31. The number of halogens is 3. The third kappa shape index (κ3) is 4.58. The average molecular weight is 289 g/mol. The van der Waals surface area contributed by atoms with E-state index in [9.17, 15) is 18.0 Å². The number of carbonyl (C=O) groups is 1. The van der Waals surface area contributed by atoms with E-state index in [0.717, 1.165) is 24.3 Å².